The fourth-order valence-electron chi connectivity index (χ4n) is 3.50. The Bertz CT molecular complexity index is 708. The van der Waals surface area contributed by atoms with Gasteiger partial charge in [-0.25, -0.2) is 0 Å². The van der Waals surface area contributed by atoms with Gasteiger partial charge in [0.15, 0.2) is 0 Å². The number of pyridine rings is 1. The maximum absolute atomic E-state index is 12.4. The van der Waals surface area contributed by atoms with Crippen molar-refractivity contribution in [3.8, 4) is 0 Å². The van der Waals surface area contributed by atoms with Crippen LogP contribution in [-0.4, -0.2) is 40.3 Å². The van der Waals surface area contributed by atoms with Crippen LogP contribution in [0.3, 0.4) is 0 Å². The Balaban J connectivity index is 1.71. The molecule has 1 saturated heterocycles. The number of aliphatic hydroxyl groups excluding tert-OH is 1. The van der Waals surface area contributed by atoms with Crippen molar-refractivity contribution in [2.45, 2.75) is 31.7 Å². The van der Waals surface area contributed by atoms with E-state index < -0.39 is 0 Å². The standard InChI is InChI=1S/C18H24N2O2/c1-19-15(7-4-10-20-11-5-8-16(20)13-21)12-14-6-2-3-9-17(14)18(19)22/h2-3,6,9,12,16,21H,4-5,7-8,10-11,13H2,1H3/t16-/m0/s1. The number of benzene rings is 1. The molecule has 0 spiro atoms. The highest BCUT2D eigenvalue weighted by Crippen LogP contribution is 2.18. The van der Waals surface area contributed by atoms with Gasteiger partial charge >= 0.3 is 0 Å². The molecule has 1 N–H and O–H groups in total. The summed E-state index contributed by atoms with van der Waals surface area (Å²) < 4.78 is 1.77. The van der Waals surface area contributed by atoms with Gasteiger partial charge in [-0.15, -0.1) is 0 Å². The van der Waals surface area contributed by atoms with Gasteiger partial charge in [0.2, 0.25) is 0 Å². The van der Waals surface area contributed by atoms with Crippen LogP contribution in [0, 0.1) is 0 Å². The second kappa shape index (κ2) is 6.63. The largest absolute Gasteiger partial charge is 0.395 e. The van der Waals surface area contributed by atoms with Gasteiger partial charge in [-0.1, -0.05) is 18.2 Å². The molecule has 1 aromatic heterocycles. The van der Waals surface area contributed by atoms with Crippen LogP contribution < -0.4 is 5.56 Å². The van der Waals surface area contributed by atoms with E-state index in [-0.39, 0.29) is 12.2 Å². The van der Waals surface area contributed by atoms with Crippen molar-refractivity contribution < 1.29 is 5.11 Å². The smallest absolute Gasteiger partial charge is 0.258 e. The molecule has 22 heavy (non-hydrogen) atoms. The number of likely N-dealkylation sites (tertiary alicyclic amines) is 1. The number of nitrogens with zero attached hydrogens (tertiary/aromatic N) is 2. The van der Waals surface area contributed by atoms with Crippen molar-refractivity contribution in [3.05, 3.63) is 46.4 Å². The summed E-state index contributed by atoms with van der Waals surface area (Å²) >= 11 is 0. The highest BCUT2D eigenvalue weighted by Gasteiger charge is 2.22. The third-order valence-corrected chi connectivity index (χ3v) is 4.84. The van der Waals surface area contributed by atoms with Crippen LogP contribution in [0.2, 0.25) is 0 Å². The summed E-state index contributed by atoms with van der Waals surface area (Å²) in [6.45, 7) is 2.34. The molecule has 1 atom stereocenters. The first-order valence-corrected chi connectivity index (χ1v) is 8.13. The Morgan fingerprint density at radius 3 is 2.95 bits per heavy atom. The molecule has 3 rings (SSSR count). The van der Waals surface area contributed by atoms with Crippen LogP contribution in [0.15, 0.2) is 35.1 Å². The van der Waals surface area contributed by atoms with E-state index in [1.807, 2.05) is 31.3 Å². The SMILES string of the molecule is Cn1c(CCCN2CCC[C@H]2CO)cc2ccccc2c1=O. The molecule has 118 valence electrons. The number of aromatic nitrogens is 1. The van der Waals surface area contributed by atoms with E-state index in [9.17, 15) is 9.90 Å². The van der Waals surface area contributed by atoms with Crippen molar-refractivity contribution in [3.63, 3.8) is 0 Å². The topological polar surface area (TPSA) is 45.5 Å². The Kier molecular flexibility index (Phi) is 4.60. The summed E-state index contributed by atoms with van der Waals surface area (Å²) in [5.41, 5.74) is 1.17. The first-order valence-electron chi connectivity index (χ1n) is 8.13. The molecule has 0 bridgehead atoms. The van der Waals surface area contributed by atoms with E-state index in [2.05, 4.69) is 11.0 Å². The maximum atomic E-state index is 12.4. The van der Waals surface area contributed by atoms with Crippen LogP contribution in [0.1, 0.15) is 25.0 Å². The minimum atomic E-state index is 0.0857. The average molecular weight is 300 g/mol. The number of hydrogen-bond acceptors (Lipinski definition) is 3. The van der Waals surface area contributed by atoms with E-state index >= 15 is 0 Å². The lowest BCUT2D eigenvalue weighted by molar-refractivity contribution is 0.157. The zero-order valence-corrected chi connectivity index (χ0v) is 13.2. The fraction of sp³-hybridized carbons (Fsp3) is 0.500. The minimum absolute atomic E-state index is 0.0857. The molecule has 0 saturated carbocycles. The second-order valence-corrected chi connectivity index (χ2v) is 6.21. The highest BCUT2D eigenvalue weighted by molar-refractivity contribution is 5.81. The zero-order valence-electron chi connectivity index (χ0n) is 13.2. The van der Waals surface area contributed by atoms with E-state index in [1.165, 1.54) is 6.42 Å². The molecule has 2 aromatic rings. The van der Waals surface area contributed by atoms with Gasteiger partial charge in [0.05, 0.1) is 6.61 Å². The van der Waals surface area contributed by atoms with Crippen molar-refractivity contribution in [2.75, 3.05) is 19.7 Å². The lowest BCUT2D eigenvalue weighted by atomic mass is 10.1. The van der Waals surface area contributed by atoms with Crippen LogP contribution in [-0.2, 0) is 13.5 Å². The molecule has 0 radical (unpaired) electrons. The number of aryl methyl sites for hydroxylation is 1. The summed E-state index contributed by atoms with van der Waals surface area (Å²) in [7, 11) is 1.86. The van der Waals surface area contributed by atoms with Gasteiger partial charge in [-0.2, -0.15) is 0 Å². The van der Waals surface area contributed by atoms with Crippen LogP contribution in [0.5, 0.6) is 0 Å². The monoisotopic (exact) mass is 300 g/mol. The lowest BCUT2D eigenvalue weighted by Crippen LogP contribution is -2.33. The van der Waals surface area contributed by atoms with Gasteiger partial charge in [0.25, 0.3) is 5.56 Å². The average Bonchev–Trinajstić information content (AvgIpc) is 2.99. The highest BCUT2D eigenvalue weighted by atomic mass is 16.3. The summed E-state index contributed by atoms with van der Waals surface area (Å²) in [5.74, 6) is 0. The molecule has 0 unspecified atom stereocenters. The third kappa shape index (κ3) is 2.94. The van der Waals surface area contributed by atoms with E-state index in [4.69, 9.17) is 0 Å². The number of aliphatic hydroxyl groups is 1. The van der Waals surface area contributed by atoms with Crippen LogP contribution in [0.4, 0.5) is 0 Å². The minimum Gasteiger partial charge on any atom is -0.395 e. The number of fused-ring (bicyclic) bond motifs is 1. The summed E-state index contributed by atoms with van der Waals surface area (Å²) in [6.07, 6.45) is 4.19. The Hall–Kier alpha value is -1.65. The van der Waals surface area contributed by atoms with E-state index in [0.29, 0.717) is 6.04 Å². The quantitative estimate of drug-likeness (QED) is 0.918. The molecule has 4 nitrogen and oxygen atoms in total. The Labute approximate surface area is 131 Å². The van der Waals surface area contributed by atoms with Crippen molar-refractivity contribution in [2.24, 2.45) is 7.05 Å². The van der Waals surface area contributed by atoms with Crippen molar-refractivity contribution in [1.29, 1.82) is 0 Å². The summed E-state index contributed by atoms with van der Waals surface area (Å²) in [6, 6.07) is 10.2. The molecule has 4 heteroatoms. The van der Waals surface area contributed by atoms with Gasteiger partial charge in [-0.3, -0.25) is 9.69 Å². The predicted molar refractivity (Wildman–Crippen MR) is 89.2 cm³/mol. The molecule has 0 aliphatic carbocycles. The van der Waals surface area contributed by atoms with Crippen LogP contribution in [0.25, 0.3) is 10.8 Å². The lowest BCUT2D eigenvalue weighted by Gasteiger charge is -2.22. The predicted octanol–water partition coefficient (Wildman–Crippen LogP) is 1.93. The number of rotatable bonds is 5. The first kappa shape index (κ1) is 15.3. The molecule has 1 aliphatic heterocycles. The maximum Gasteiger partial charge on any atom is 0.258 e. The second-order valence-electron chi connectivity index (χ2n) is 6.21. The van der Waals surface area contributed by atoms with Crippen molar-refractivity contribution >= 4 is 10.8 Å². The fourth-order valence-corrected chi connectivity index (χ4v) is 3.50. The summed E-state index contributed by atoms with van der Waals surface area (Å²) in [5, 5.41) is 11.2. The molecule has 2 heterocycles. The normalized spacial score (nSPS) is 19.1. The van der Waals surface area contributed by atoms with Gasteiger partial charge < -0.3 is 9.67 Å². The van der Waals surface area contributed by atoms with E-state index in [1.54, 1.807) is 4.57 Å². The van der Waals surface area contributed by atoms with Gasteiger partial charge in [0, 0.05) is 24.2 Å². The zero-order chi connectivity index (χ0) is 15.5. The molecule has 1 fully saturated rings. The van der Waals surface area contributed by atoms with Gasteiger partial charge in [-0.05, 0) is 56.3 Å². The molecule has 0 amide bonds. The molecule has 1 aromatic carbocycles. The number of hydrogen-bond donors (Lipinski definition) is 1. The Morgan fingerprint density at radius 1 is 1.32 bits per heavy atom. The summed E-state index contributed by atoms with van der Waals surface area (Å²) in [4.78, 5) is 14.8. The molecule has 1 aliphatic rings. The third-order valence-electron chi connectivity index (χ3n) is 4.84. The molecular formula is C18H24N2O2. The van der Waals surface area contributed by atoms with Crippen molar-refractivity contribution in [1.82, 2.24) is 9.47 Å². The Morgan fingerprint density at radius 2 is 2.14 bits per heavy atom. The first-order chi connectivity index (χ1) is 10.7. The van der Waals surface area contributed by atoms with Crippen LogP contribution >= 0.6 is 0 Å². The molecular weight excluding hydrogens is 276 g/mol. The van der Waals surface area contributed by atoms with Gasteiger partial charge in [0.1, 0.15) is 0 Å². The van der Waals surface area contributed by atoms with E-state index in [0.717, 1.165) is 48.8 Å².